The topological polar surface area (TPSA) is 59.2 Å². The van der Waals surface area contributed by atoms with Gasteiger partial charge in [0.25, 0.3) is 5.91 Å². The van der Waals surface area contributed by atoms with Gasteiger partial charge in [-0.15, -0.1) is 0 Å². The minimum atomic E-state index is 0.0909. The molecule has 1 unspecified atom stereocenters. The Morgan fingerprint density at radius 1 is 1.43 bits per heavy atom. The van der Waals surface area contributed by atoms with Gasteiger partial charge in [-0.1, -0.05) is 34.1 Å². The molecule has 0 bridgehead atoms. The third kappa shape index (κ3) is 3.74. The number of aromatic nitrogens is 1. The molecular weight excluding hydrogens is 262 g/mol. The Labute approximate surface area is 127 Å². The molecule has 0 saturated carbocycles. The fourth-order valence-corrected chi connectivity index (χ4v) is 2.95. The molecule has 2 rings (SSSR count). The summed E-state index contributed by atoms with van der Waals surface area (Å²) in [7, 11) is 0. The minimum absolute atomic E-state index is 0.0909. The number of hydrogen-bond acceptors (Lipinski definition) is 3. The minimum Gasteiger partial charge on any atom is -0.384 e. The molecule has 0 spiro atoms. The van der Waals surface area contributed by atoms with Crippen molar-refractivity contribution in [1.29, 1.82) is 0 Å². The molecule has 4 heteroatoms. The van der Waals surface area contributed by atoms with Crippen molar-refractivity contribution >= 4 is 11.7 Å². The van der Waals surface area contributed by atoms with E-state index in [9.17, 15) is 4.79 Å². The summed E-state index contributed by atoms with van der Waals surface area (Å²) in [5.74, 6) is 1.10. The number of aryl methyl sites for hydroxylation is 1. The Balaban J connectivity index is 2.14. The van der Waals surface area contributed by atoms with E-state index in [-0.39, 0.29) is 11.3 Å². The van der Waals surface area contributed by atoms with Crippen LogP contribution in [-0.2, 0) is 6.42 Å². The number of nitrogens with two attached hydrogens (primary N) is 1. The molecule has 1 saturated heterocycles. The summed E-state index contributed by atoms with van der Waals surface area (Å²) in [6.45, 7) is 10.5. The van der Waals surface area contributed by atoms with Crippen molar-refractivity contribution in [2.45, 2.75) is 47.0 Å². The van der Waals surface area contributed by atoms with Crippen LogP contribution in [0.3, 0.4) is 0 Å². The predicted octanol–water partition coefficient (Wildman–Crippen LogP) is 3.12. The van der Waals surface area contributed by atoms with Gasteiger partial charge in [-0.2, -0.15) is 0 Å². The summed E-state index contributed by atoms with van der Waals surface area (Å²) in [6, 6.07) is 3.60. The number of carbonyl (C=O) groups is 1. The van der Waals surface area contributed by atoms with E-state index in [1.165, 1.54) is 0 Å². The van der Waals surface area contributed by atoms with E-state index in [1.54, 1.807) is 6.07 Å². The van der Waals surface area contributed by atoms with Gasteiger partial charge in [-0.3, -0.25) is 4.79 Å². The maximum Gasteiger partial charge on any atom is 0.254 e. The molecule has 1 aromatic rings. The van der Waals surface area contributed by atoms with Crippen LogP contribution in [-0.4, -0.2) is 28.9 Å². The van der Waals surface area contributed by atoms with Crippen LogP contribution in [0.15, 0.2) is 12.1 Å². The highest BCUT2D eigenvalue weighted by Gasteiger charge is 2.34. The lowest BCUT2D eigenvalue weighted by molar-refractivity contribution is 0.0776. The van der Waals surface area contributed by atoms with Crippen LogP contribution in [0.1, 0.15) is 56.6 Å². The lowest BCUT2D eigenvalue weighted by atomic mass is 9.80. The summed E-state index contributed by atoms with van der Waals surface area (Å²) in [5, 5.41) is 0. The second kappa shape index (κ2) is 6.04. The lowest BCUT2D eigenvalue weighted by Gasteiger charge is -2.27. The van der Waals surface area contributed by atoms with Crippen molar-refractivity contribution in [2.75, 3.05) is 18.8 Å². The number of likely N-dealkylation sites (tertiary alicyclic amines) is 1. The van der Waals surface area contributed by atoms with Gasteiger partial charge >= 0.3 is 0 Å². The largest absolute Gasteiger partial charge is 0.384 e. The van der Waals surface area contributed by atoms with Crippen LogP contribution in [0.2, 0.25) is 0 Å². The molecule has 1 atom stereocenters. The maximum absolute atomic E-state index is 12.7. The molecule has 1 aliphatic rings. The lowest BCUT2D eigenvalue weighted by Crippen LogP contribution is -2.31. The first kappa shape index (κ1) is 15.8. The van der Waals surface area contributed by atoms with Gasteiger partial charge in [0.2, 0.25) is 0 Å². The van der Waals surface area contributed by atoms with E-state index < -0.39 is 0 Å². The number of nitrogen functional groups attached to an aromatic ring is 1. The molecule has 2 N–H and O–H groups in total. The van der Waals surface area contributed by atoms with E-state index in [0.717, 1.165) is 38.0 Å². The second-order valence-electron chi connectivity index (χ2n) is 7.12. The van der Waals surface area contributed by atoms with Crippen LogP contribution in [0.5, 0.6) is 0 Å². The summed E-state index contributed by atoms with van der Waals surface area (Å²) < 4.78 is 0. The SMILES string of the molecule is CCCc1cc(C(=O)N2CCC(C(C)(C)C)C2)cc(N)n1. The van der Waals surface area contributed by atoms with E-state index in [2.05, 4.69) is 32.7 Å². The normalized spacial score (nSPS) is 19.0. The Bertz CT molecular complexity index is 519. The molecule has 0 aromatic carbocycles. The first-order valence-corrected chi connectivity index (χ1v) is 7.87. The fraction of sp³-hybridized carbons (Fsp3) is 0.647. The molecule has 116 valence electrons. The first-order valence-electron chi connectivity index (χ1n) is 7.87. The fourth-order valence-electron chi connectivity index (χ4n) is 2.95. The van der Waals surface area contributed by atoms with Crippen molar-refractivity contribution in [3.63, 3.8) is 0 Å². The van der Waals surface area contributed by atoms with Gasteiger partial charge in [0.05, 0.1) is 0 Å². The number of carbonyl (C=O) groups excluding carboxylic acids is 1. The van der Waals surface area contributed by atoms with E-state index in [0.29, 0.717) is 17.3 Å². The number of hydrogen-bond donors (Lipinski definition) is 1. The van der Waals surface area contributed by atoms with Crippen molar-refractivity contribution in [3.8, 4) is 0 Å². The summed E-state index contributed by atoms with van der Waals surface area (Å²) in [6.07, 6.45) is 2.94. The van der Waals surface area contributed by atoms with Crippen molar-refractivity contribution < 1.29 is 4.79 Å². The molecule has 0 radical (unpaired) electrons. The summed E-state index contributed by atoms with van der Waals surface area (Å²) in [5.41, 5.74) is 7.68. The smallest absolute Gasteiger partial charge is 0.254 e. The Hall–Kier alpha value is -1.58. The molecule has 21 heavy (non-hydrogen) atoms. The van der Waals surface area contributed by atoms with Crippen molar-refractivity contribution in [3.05, 3.63) is 23.4 Å². The van der Waals surface area contributed by atoms with Gasteiger partial charge in [0, 0.05) is 24.3 Å². The van der Waals surface area contributed by atoms with E-state index >= 15 is 0 Å². The molecular formula is C17H27N3O. The first-order chi connectivity index (χ1) is 9.81. The average Bonchev–Trinajstić information content (AvgIpc) is 2.87. The molecule has 1 fully saturated rings. The van der Waals surface area contributed by atoms with Crippen LogP contribution in [0.4, 0.5) is 5.82 Å². The number of anilines is 1. The standard InChI is InChI=1S/C17H27N3O/c1-5-6-14-9-12(10-15(18)19-14)16(21)20-8-7-13(11-20)17(2,3)4/h9-10,13H,5-8,11H2,1-4H3,(H2,18,19). The van der Waals surface area contributed by atoms with Gasteiger partial charge in [0.1, 0.15) is 5.82 Å². The quantitative estimate of drug-likeness (QED) is 0.930. The molecule has 4 nitrogen and oxygen atoms in total. The van der Waals surface area contributed by atoms with Gasteiger partial charge in [0.15, 0.2) is 0 Å². The van der Waals surface area contributed by atoms with Crippen LogP contribution >= 0.6 is 0 Å². The maximum atomic E-state index is 12.7. The molecule has 1 aliphatic heterocycles. The van der Waals surface area contributed by atoms with Crippen LogP contribution in [0, 0.1) is 11.3 Å². The molecule has 1 amide bonds. The summed E-state index contributed by atoms with van der Waals surface area (Å²) in [4.78, 5) is 18.9. The van der Waals surface area contributed by atoms with Crippen molar-refractivity contribution in [1.82, 2.24) is 9.88 Å². The number of nitrogens with zero attached hydrogens (tertiary/aromatic N) is 2. The Kier molecular flexibility index (Phi) is 4.55. The van der Waals surface area contributed by atoms with Crippen LogP contribution in [0.25, 0.3) is 0 Å². The Morgan fingerprint density at radius 2 is 2.14 bits per heavy atom. The third-order valence-electron chi connectivity index (χ3n) is 4.35. The summed E-state index contributed by atoms with van der Waals surface area (Å²) >= 11 is 0. The highest BCUT2D eigenvalue weighted by molar-refractivity contribution is 5.95. The number of amides is 1. The average molecular weight is 289 g/mol. The number of pyridine rings is 1. The van der Waals surface area contributed by atoms with Gasteiger partial charge in [-0.05, 0) is 36.3 Å². The number of rotatable bonds is 3. The van der Waals surface area contributed by atoms with Crippen molar-refractivity contribution in [2.24, 2.45) is 11.3 Å². The zero-order valence-electron chi connectivity index (χ0n) is 13.6. The highest BCUT2D eigenvalue weighted by Crippen LogP contribution is 2.34. The van der Waals surface area contributed by atoms with Crippen LogP contribution < -0.4 is 5.73 Å². The van der Waals surface area contributed by atoms with E-state index in [4.69, 9.17) is 5.73 Å². The van der Waals surface area contributed by atoms with E-state index in [1.807, 2.05) is 11.0 Å². The second-order valence-corrected chi connectivity index (χ2v) is 7.12. The molecule has 2 heterocycles. The third-order valence-corrected chi connectivity index (χ3v) is 4.35. The zero-order valence-corrected chi connectivity index (χ0v) is 13.6. The zero-order chi connectivity index (χ0) is 15.6. The molecule has 1 aromatic heterocycles. The van der Waals surface area contributed by atoms with Gasteiger partial charge < -0.3 is 10.6 Å². The van der Waals surface area contributed by atoms with Gasteiger partial charge in [-0.25, -0.2) is 4.98 Å². The predicted molar refractivity (Wildman–Crippen MR) is 86.1 cm³/mol. The highest BCUT2D eigenvalue weighted by atomic mass is 16.2. The Morgan fingerprint density at radius 3 is 2.71 bits per heavy atom. The monoisotopic (exact) mass is 289 g/mol. The molecule has 0 aliphatic carbocycles.